The lowest BCUT2D eigenvalue weighted by Crippen LogP contribution is -2.32. The molecule has 0 atom stereocenters. The van der Waals surface area contributed by atoms with E-state index in [1.165, 1.54) is 11.1 Å². The van der Waals surface area contributed by atoms with Gasteiger partial charge in [0.05, 0.1) is 5.39 Å². The Morgan fingerprint density at radius 3 is 2.73 bits per heavy atom. The Kier molecular flexibility index (Phi) is 5.92. The van der Waals surface area contributed by atoms with E-state index in [4.69, 9.17) is 0 Å². The molecule has 0 fully saturated rings. The van der Waals surface area contributed by atoms with Crippen LogP contribution in [0.25, 0.3) is 10.8 Å². The number of amides is 1. The molecule has 1 amide bonds. The van der Waals surface area contributed by atoms with E-state index in [0.29, 0.717) is 30.3 Å². The number of aryl methyl sites for hydroxylation is 1. The number of benzene rings is 1. The molecule has 0 aliphatic carbocycles. The molecular formula is C22H28N6O2. The van der Waals surface area contributed by atoms with E-state index in [9.17, 15) is 9.59 Å². The van der Waals surface area contributed by atoms with Crippen LogP contribution in [-0.2, 0) is 25.9 Å². The molecule has 3 heterocycles. The van der Waals surface area contributed by atoms with Crippen molar-refractivity contribution < 1.29 is 4.79 Å². The third-order valence-corrected chi connectivity index (χ3v) is 5.44. The summed E-state index contributed by atoms with van der Waals surface area (Å²) in [7, 11) is 0. The lowest BCUT2D eigenvalue weighted by Gasteiger charge is -2.13. The Morgan fingerprint density at radius 1 is 1.13 bits per heavy atom. The van der Waals surface area contributed by atoms with E-state index < -0.39 is 0 Å². The standard InChI is InChI=1S/C22H28N6O2/c1-15(2)14-28-22(30)17-9-6-5-8-16(17)20(26-28)21(29)23-12-11-19-25-24-18-10-4-3-7-13-27(18)19/h5-6,8-9,15H,3-4,7,10-14H2,1-2H3,(H,23,29). The molecule has 8 nitrogen and oxygen atoms in total. The van der Waals surface area contributed by atoms with Crippen LogP contribution >= 0.6 is 0 Å². The number of hydrogen-bond acceptors (Lipinski definition) is 5. The van der Waals surface area contributed by atoms with Gasteiger partial charge in [-0.25, -0.2) is 4.68 Å². The zero-order valence-electron chi connectivity index (χ0n) is 17.6. The molecule has 4 rings (SSSR count). The van der Waals surface area contributed by atoms with Gasteiger partial charge < -0.3 is 9.88 Å². The Hall–Kier alpha value is -3.03. The van der Waals surface area contributed by atoms with Crippen LogP contribution in [0.4, 0.5) is 0 Å². The molecular weight excluding hydrogens is 380 g/mol. The third-order valence-electron chi connectivity index (χ3n) is 5.44. The predicted octanol–water partition coefficient (Wildman–Crippen LogP) is 2.34. The molecule has 3 aromatic rings. The number of fused-ring (bicyclic) bond motifs is 2. The van der Waals surface area contributed by atoms with Gasteiger partial charge in [-0.15, -0.1) is 10.2 Å². The number of nitrogens with zero attached hydrogens (tertiary/aromatic N) is 5. The molecule has 1 aromatic carbocycles. The van der Waals surface area contributed by atoms with Crippen LogP contribution in [0, 0.1) is 5.92 Å². The monoisotopic (exact) mass is 408 g/mol. The van der Waals surface area contributed by atoms with Crippen LogP contribution in [0.2, 0.25) is 0 Å². The van der Waals surface area contributed by atoms with E-state index in [1.807, 2.05) is 26.0 Å². The highest BCUT2D eigenvalue weighted by Crippen LogP contribution is 2.15. The SMILES string of the molecule is CC(C)Cn1nc(C(=O)NCCc2nnc3n2CCCCC3)c2ccccc2c1=O. The van der Waals surface area contributed by atoms with Gasteiger partial charge in [0.15, 0.2) is 5.69 Å². The molecule has 158 valence electrons. The van der Waals surface area contributed by atoms with Gasteiger partial charge in [0.25, 0.3) is 11.5 Å². The van der Waals surface area contributed by atoms with Crippen molar-refractivity contribution in [3.05, 3.63) is 52.0 Å². The smallest absolute Gasteiger partial charge is 0.274 e. The second kappa shape index (κ2) is 8.77. The summed E-state index contributed by atoms with van der Waals surface area (Å²) in [5.41, 5.74) is 0.118. The maximum absolute atomic E-state index is 12.9. The number of carbonyl (C=O) groups excluding carboxylic acids is 1. The zero-order chi connectivity index (χ0) is 21.1. The number of carbonyl (C=O) groups is 1. The van der Waals surface area contributed by atoms with Crippen molar-refractivity contribution in [3.8, 4) is 0 Å². The second-order valence-electron chi connectivity index (χ2n) is 8.28. The number of rotatable bonds is 6. The minimum atomic E-state index is -0.278. The summed E-state index contributed by atoms with van der Waals surface area (Å²) in [6.07, 6.45) is 5.08. The van der Waals surface area contributed by atoms with Gasteiger partial charge in [-0.1, -0.05) is 38.5 Å². The van der Waals surface area contributed by atoms with Crippen LogP contribution < -0.4 is 10.9 Å². The molecule has 8 heteroatoms. The fraction of sp³-hybridized carbons (Fsp3) is 0.500. The van der Waals surface area contributed by atoms with Gasteiger partial charge in [-0.05, 0) is 24.8 Å². The largest absolute Gasteiger partial charge is 0.350 e. The highest BCUT2D eigenvalue weighted by atomic mass is 16.2. The first kappa shape index (κ1) is 20.3. The van der Waals surface area contributed by atoms with Gasteiger partial charge in [0.1, 0.15) is 11.6 Å². The molecule has 0 radical (unpaired) electrons. The molecule has 30 heavy (non-hydrogen) atoms. The average molecular weight is 409 g/mol. The molecule has 0 unspecified atom stereocenters. The van der Waals surface area contributed by atoms with E-state index in [-0.39, 0.29) is 23.1 Å². The lowest BCUT2D eigenvalue weighted by atomic mass is 10.1. The Morgan fingerprint density at radius 2 is 1.93 bits per heavy atom. The summed E-state index contributed by atoms with van der Waals surface area (Å²) >= 11 is 0. The van der Waals surface area contributed by atoms with E-state index in [0.717, 1.165) is 37.5 Å². The van der Waals surface area contributed by atoms with Crippen molar-refractivity contribution in [3.63, 3.8) is 0 Å². The fourth-order valence-corrected chi connectivity index (χ4v) is 3.97. The molecule has 1 N–H and O–H groups in total. The number of nitrogens with one attached hydrogen (secondary N) is 1. The van der Waals surface area contributed by atoms with Gasteiger partial charge in [-0.3, -0.25) is 9.59 Å². The van der Waals surface area contributed by atoms with Crippen molar-refractivity contribution in [2.24, 2.45) is 5.92 Å². The predicted molar refractivity (Wildman–Crippen MR) is 114 cm³/mol. The molecule has 1 aliphatic heterocycles. The minimum absolute atomic E-state index is 0.165. The van der Waals surface area contributed by atoms with Gasteiger partial charge in [-0.2, -0.15) is 5.10 Å². The third kappa shape index (κ3) is 4.13. The Balaban J connectivity index is 1.53. The van der Waals surface area contributed by atoms with Gasteiger partial charge >= 0.3 is 0 Å². The molecule has 0 saturated heterocycles. The average Bonchev–Trinajstić information content (AvgIpc) is 2.95. The van der Waals surface area contributed by atoms with Crippen molar-refractivity contribution in [2.45, 2.75) is 59.0 Å². The van der Waals surface area contributed by atoms with Crippen LogP contribution in [0.5, 0.6) is 0 Å². The fourth-order valence-electron chi connectivity index (χ4n) is 3.97. The summed E-state index contributed by atoms with van der Waals surface area (Å²) in [6, 6.07) is 7.15. The molecule has 0 spiro atoms. The summed E-state index contributed by atoms with van der Waals surface area (Å²) in [4.78, 5) is 25.7. The van der Waals surface area contributed by atoms with Crippen molar-refractivity contribution >= 4 is 16.7 Å². The summed E-state index contributed by atoms with van der Waals surface area (Å²) in [5, 5.41) is 17.1. The maximum Gasteiger partial charge on any atom is 0.274 e. The summed E-state index contributed by atoms with van der Waals surface area (Å²) in [5.74, 6) is 1.92. The first-order valence-electron chi connectivity index (χ1n) is 10.7. The quantitative estimate of drug-likeness (QED) is 0.676. The summed E-state index contributed by atoms with van der Waals surface area (Å²) < 4.78 is 3.59. The van der Waals surface area contributed by atoms with Crippen LogP contribution in [0.1, 0.15) is 55.2 Å². The topological polar surface area (TPSA) is 94.7 Å². The van der Waals surface area contributed by atoms with Crippen molar-refractivity contribution in [1.29, 1.82) is 0 Å². The second-order valence-corrected chi connectivity index (χ2v) is 8.28. The molecule has 0 saturated carbocycles. The first-order chi connectivity index (χ1) is 14.5. The number of aromatic nitrogens is 5. The molecule has 2 aromatic heterocycles. The lowest BCUT2D eigenvalue weighted by molar-refractivity contribution is 0.0948. The Bertz CT molecular complexity index is 1110. The van der Waals surface area contributed by atoms with Crippen molar-refractivity contribution in [1.82, 2.24) is 29.9 Å². The number of hydrogen-bond donors (Lipinski definition) is 1. The van der Waals surface area contributed by atoms with Crippen molar-refractivity contribution in [2.75, 3.05) is 6.54 Å². The van der Waals surface area contributed by atoms with E-state index in [1.54, 1.807) is 12.1 Å². The van der Waals surface area contributed by atoms with E-state index in [2.05, 4.69) is 25.2 Å². The van der Waals surface area contributed by atoms with Crippen LogP contribution in [0.15, 0.2) is 29.1 Å². The van der Waals surface area contributed by atoms with Gasteiger partial charge in [0, 0.05) is 37.9 Å². The van der Waals surface area contributed by atoms with E-state index >= 15 is 0 Å². The van der Waals surface area contributed by atoms with Crippen LogP contribution in [0.3, 0.4) is 0 Å². The Labute approximate surface area is 175 Å². The normalized spacial score (nSPS) is 14.0. The highest BCUT2D eigenvalue weighted by Gasteiger charge is 2.18. The molecule has 0 bridgehead atoms. The minimum Gasteiger partial charge on any atom is -0.350 e. The maximum atomic E-state index is 12.9. The molecule has 1 aliphatic rings. The zero-order valence-corrected chi connectivity index (χ0v) is 17.6. The highest BCUT2D eigenvalue weighted by molar-refractivity contribution is 6.04. The van der Waals surface area contributed by atoms with Crippen LogP contribution in [-0.4, -0.2) is 37.0 Å². The first-order valence-corrected chi connectivity index (χ1v) is 10.7. The van der Waals surface area contributed by atoms with Gasteiger partial charge in [0.2, 0.25) is 0 Å². The summed E-state index contributed by atoms with van der Waals surface area (Å²) in [6.45, 7) is 5.89.